The first-order valence-electron chi connectivity index (χ1n) is 14.4. The molecule has 2 atom stereocenters. The standard InChI is InChI=1S/C32H40N4O8/c1-19(2)41-15-21(37)17-43-23-8-10-25(28(39)13-23)30-33-31(35-32(34-30)27-7-6-12-36(27)5)26-11-9-24(14-29(26)40)44-18-22(38)16-42-20(3)4/h6-14,19-22,37-40H,15-18H2,1-5H3. The predicted octanol–water partition coefficient (Wildman–Crippen LogP) is 3.95. The zero-order valence-corrected chi connectivity index (χ0v) is 25.5. The Morgan fingerprint density at radius 2 is 1.11 bits per heavy atom. The fraction of sp³-hybridized carbons (Fsp3) is 0.406. The minimum absolute atomic E-state index is 0.0112. The quantitative estimate of drug-likeness (QED) is 0.155. The molecule has 4 rings (SSSR count). The normalized spacial score (nSPS) is 12.9. The number of phenolic OH excluding ortho intramolecular Hbond substituents is 2. The molecule has 0 fully saturated rings. The van der Waals surface area contributed by atoms with Crippen molar-refractivity contribution in [1.82, 2.24) is 19.5 Å². The second kappa shape index (κ2) is 15.0. The molecule has 12 nitrogen and oxygen atoms in total. The third-order valence-electron chi connectivity index (χ3n) is 6.36. The fourth-order valence-electron chi connectivity index (χ4n) is 4.09. The van der Waals surface area contributed by atoms with Gasteiger partial charge in [0.2, 0.25) is 0 Å². The van der Waals surface area contributed by atoms with Crippen LogP contribution in [0.1, 0.15) is 27.7 Å². The number of hydrogen-bond acceptors (Lipinski definition) is 11. The van der Waals surface area contributed by atoms with Crippen LogP contribution in [-0.2, 0) is 16.5 Å². The zero-order chi connectivity index (χ0) is 31.8. The number of aromatic hydroxyl groups is 2. The molecular formula is C32H40N4O8. The number of aliphatic hydroxyl groups is 2. The van der Waals surface area contributed by atoms with E-state index in [0.29, 0.717) is 34.1 Å². The highest BCUT2D eigenvalue weighted by atomic mass is 16.5. The Morgan fingerprint density at radius 1 is 0.659 bits per heavy atom. The van der Waals surface area contributed by atoms with Crippen LogP contribution in [0.4, 0.5) is 0 Å². The lowest BCUT2D eigenvalue weighted by molar-refractivity contribution is -0.0123. The molecule has 4 aromatic rings. The molecule has 0 bridgehead atoms. The van der Waals surface area contributed by atoms with Crippen LogP contribution in [-0.4, -0.2) is 90.8 Å². The fourth-order valence-corrected chi connectivity index (χ4v) is 4.09. The summed E-state index contributed by atoms with van der Waals surface area (Å²) in [6.07, 6.45) is 0.173. The van der Waals surface area contributed by atoms with Crippen molar-refractivity contribution in [3.8, 4) is 57.3 Å². The number of phenols is 2. The van der Waals surface area contributed by atoms with Crippen LogP contribution < -0.4 is 9.47 Å². The Labute approximate surface area is 256 Å². The summed E-state index contributed by atoms with van der Waals surface area (Å²) in [5, 5.41) is 42.0. The van der Waals surface area contributed by atoms with Crippen LogP contribution >= 0.6 is 0 Å². The van der Waals surface area contributed by atoms with Crippen molar-refractivity contribution in [2.45, 2.75) is 52.1 Å². The van der Waals surface area contributed by atoms with Gasteiger partial charge in [-0.15, -0.1) is 0 Å². The smallest absolute Gasteiger partial charge is 0.180 e. The van der Waals surface area contributed by atoms with Crippen molar-refractivity contribution in [2.24, 2.45) is 7.05 Å². The van der Waals surface area contributed by atoms with Gasteiger partial charge in [-0.2, -0.15) is 0 Å². The van der Waals surface area contributed by atoms with Gasteiger partial charge in [0.1, 0.15) is 48.4 Å². The molecule has 0 saturated carbocycles. The number of aryl methyl sites for hydroxylation is 1. The molecular weight excluding hydrogens is 568 g/mol. The summed E-state index contributed by atoms with van der Waals surface area (Å²) in [5.74, 6) is 1.10. The van der Waals surface area contributed by atoms with Crippen molar-refractivity contribution >= 4 is 0 Å². The highest BCUT2D eigenvalue weighted by molar-refractivity contribution is 5.72. The maximum Gasteiger partial charge on any atom is 0.180 e. The van der Waals surface area contributed by atoms with E-state index in [4.69, 9.17) is 18.9 Å². The van der Waals surface area contributed by atoms with Crippen LogP contribution in [0.2, 0.25) is 0 Å². The van der Waals surface area contributed by atoms with Crippen molar-refractivity contribution in [1.29, 1.82) is 0 Å². The molecule has 12 heteroatoms. The molecule has 0 aliphatic heterocycles. The van der Waals surface area contributed by atoms with Gasteiger partial charge in [0.15, 0.2) is 17.5 Å². The van der Waals surface area contributed by atoms with Gasteiger partial charge in [0, 0.05) is 25.4 Å². The molecule has 2 aromatic heterocycles. The van der Waals surface area contributed by atoms with Crippen LogP contribution in [0.25, 0.3) is 34.3 Å². The average Bonchev–Trinajstić information content (AvgIpc) is 3.42. The minimum Gasteiger partial charge on any atom is -0.507 e. The Morgan fingerprint density at radius 3 is 1.50 bits per heavy atom. The maximum atomic E-state index is 10.9. The molecule has 0 amide bonds. The summed E-state index contributed by atoms with van der Waals surface area (Å²) < 4.78 is 23.9. The van der Waals surface area contributed by atoms with E-state index in [1.54, 1.807) is 24.3 Å². The van der Waals surface area contributed by atoms with Crippen LogP contribution in [0.15, 0.2) is 54.7 Å². The molecule has 2 aromatic carbocycles. The first-order valence-corrected chi connectivity index (χ1v) is 14.4. The molecule has 4 N–H and O–H groups in total. The van der Waals surface area contributed by atoms with Gasteiger partial charge in [-0.1, -0.05) is 0 Å². The summed E-state index contributed by atoms with van der Waals surface area (Å²) in [5.41, 5.74) is 1.33. The number of nitrogens with zero attached hydrogens (tertiary/aromatic N) is 4. The van der Waals surface area contributed by atoms with Gasteiger partial charge in [-0.05, 0) is 64.1 Å². The topological polar surface area (TPSA) is 161 Å². The van der Waals surface area contributed by atoms with Gasteiger partial charge in [0.05, 0.1) is 42.2 Å². The molecule has 0 spiro atoms. The van der Waals surface area contributed by atoms with Gasteiger partial charge >= 0.3 is 0 Å². The summed E-state index contributed by atoms with van der Waals surface area (Å²) in [6, 6.07) is 13.0. The number of aliphatic hydroxyl groups excluding tert-OH is 2. The molecule has 0 radical (unpaired) electrons. The second-order valence-electron chi connectivity index (χ2n) is 10.9. The Bertz CT molecular complexity index is 1430. The highest BCUT2D eigenvalue weighted by Crippen LogP contribution is 2.35. The highest BCUT2D eigenvalue weighted by Gasteiger charge is 2.19. The van der Waals surface area contributed by atoms with Gasteiger partial charge in [-0.25, -0.2) is 15.0 Å². The van der Waals surface area contributed by atoms with E-state index in [2.05, 4.69) is 15.0 Å². The molecule has 236 valence electrons. The molecule has 0 saturated heterocycles. The van der Waals surface area contributed by atoms with E-state index in [0.717, 1.165) is 0 Å². The Balaban J connectivity index is 1.60. The summed E-state index contributed by atoms with van der Waals surface area (Å²) in [7, 11) is 1.85. The van der Waals surface area contributed by atoms with Crippen molar-refractivity contribution in [2.75, 3.05) is 26.4 Å². The summed E-state index contributed by atoms with van der Waals surface area (Å²) in [4.78, 5) is 13.8. The zero-order valence-electron chi connectivity index (χ0n) is 25.5. The maximum absolute atomic E-state index is 10.9. The third kappa shape index (κ3) is 8.89. The Kier molecular flexibility index (Phi) is 11.1. The minimum atomic E-state index is -0.827. The molecule has 2 heterocycles. The van der Waals surface area contributed by atoms with Gasteiger partial charge in [-0.3, -0.25) is 0 Å². The SMILES string of the molecule is CC(C)OCC(O)COc1ccc(-c2nc(-c3ccc(OCC(O)COC(C)C)cc3O)nc(-c3cccn3C)n2)c(O)c1. The number of aromatic nitrogens is 4. The lowest BCUT2D eigenvalue weighted by Gasteiger charge is -2.15. The monoisotopic (exact) mass is 608 g/mol. The van der Waals surface area contributed by atoms with E-state index in [1.807, 2.05) is 57.6 Å². The molecule has 0 aliphatic rings. The largest absolute Gasteiger partial charge is 0.507 e. The van der Waals surface area contributed by atoms with Crippen LogP contribution in [0.5, 0.6) is 23.0 Å². The first-order chi connectivity index (χ1) is 21.0. The third-order valence-corrected chi connectivity index (χ3v) is 6.36. The van der Waals surface area contributed by atoms with E-state index in [1.165, 1.54) is 12.1 Å². The van der Waals surface area contributed by atoms with Gasteiger partial charge in [0.25, 0.3) is 0 Å². The first kappa shape index (κ1) is 32.7. The van der Waals surface area contributed by atoms with Crippen molar-refractivity contribution in [3.05, 3.63) is 54.7 Å². The van der Waals surface area contributed by atoms with E-state index >= 15 is 0 Å². The van der Waals surface area contributed by atoms with E-state index < -0.39 is 12.2 Å². The number of benzene rings is 2. The van der Waals surface area contributed by atoms with Crippen LogP contribution in [0, 0.1) is 0 Å². The van der Waals surface area contributed by atoms with Crippen LogP contribution in [0.3, 0.4) is 0 Å². The van der Waals surface area contributed by atoms with Gasteiger partial charge < -0.3 is 43.9 Å². The second-order valence-corrected chi connectivity index (χ2v) is 10.9. The summed E-state index contributed by atoms with van der Waals surface area (Å²) in [6.45, 7) is 7.76. The van der Waals surface area contributed by atoms with E-state index in [-0.39, 0.29) is 61.8 Å². The number of rotatable bonds is 15. The summed E-state index contributed by atoms with van der Waals surface area (Å²) >= 11 is 0. The Hall–Kier alpha value is -4.23. The van der Waals surface area contributed by atoms with Crippen molar-refractivity contribution < 1.29 is 39.4 Å². The molecule has 0 aliphatic carbocycles. The number of ether oxygens (including phenoxy) is 4. The lowest BCUT2D eigenvalue weighted by atomic mass is 10.1. The predicted molar refractivity (Wildman–Crippen MR) is 164 cm³/mol. The average molecular weight is 609 g/mol. The van der Waals surface area contributed by atoms with Crippen molar-refractivity contribution in [3.63, 3.8) is 0 Å². The molecule has 44 heavy (non-hydrogen) atoms. The van der Waals surface area contributed by atoms with E-state index in [9.17, 15) is 20.4 Å². The number of hydrogen-bond donors (Lipinski definition) is 4. The molecule has 2 unspecified atom stereocenters. The lowest BCUT2D eigenvalue weighted by Crippen LogP contribution is -2.25.